The van der Waals surface area contributed by atoms with Crippen LogP contribution in [0.3, 0.4) is 0 Å². The maximum absolute atomic E-state index is 11.4. The van der Waals surface area contributed by atoms with Crippen LogP contribution < -0.4 is 11.4 Å². The van der Waals surface area contributed by atoms with Crippen LogP contribution in [0.25, 0.3) is 0 Å². The predicted octanol–water partition coefficient (Wildman–Crippen LogP) is -0.163. The number of rotatable bonds is 4. The molecule has 0 unspecified atom stereocenters. The first kappa shape index (κ1) is 15.3. The van der Waals surface area contributed by atoms with Gasteiger partial charge in [0.05, 0.1) is 12.4 Å². The molecule has 0 atom stereocenters. The van der Waals surface area contributed by atoms with Gasteiger partial charge in [-0.25, -0.2) is 19.8 Å². The summed E-state index contributed by atoms with van der Waals surface area (Å²) in [5.74, 6) is 0.946. The van der Waals surface area contributed by atoms with Crippen molar-refractivity contribution in [2.75, 3.05) is 0 Å². The molecule has 10 heteroatoms. The topological polar surface area (TPSA) is 126 Å². The van der Waals surface area contributed by atoms with Crippen LogP contribution in [0.1, 0.15) is 22.8 Å². The Morgan fingerprint density at radius 3 is 1.50 bits per heavy atom. The molecule has 2 aromatic heterocycles. The monoisotopic (exact) mass is 326 g/mol. The minimum Gasteiger partial charge on any atom is -0.244 e. The van der Waals surface area contributed by atoms with Crippen LogP contribution in [-0.2, 0) is 0 Å². The van der Waals surface area contributed by atoms with Crippen molar-refractivity contribution in [3.8, 4) is 0 Å². The number of hydrogen-bond acceptors (Lipinski definition) is 6. The second kappa shape index (κ2) is 6.28. The Labute approximate surface area is 135 Å². The highest BCUT2D eigenvalue weighted by molar-refractivity contribution is 5.84. The molecular formula is C14H14N8O2. The van der Waals surface area contributed by atoms with Gasteiger partial charge < -0.3 is 0 Å². The van der Waals surface area contributed by atoms with Gasteiger partial charge in [-0.05, 0) is 25.0 Å². The molecule has 0 saturated heterocycles. The highest BCUT2D eigenvalue weighted by atomic mass is 16.2. The lowest BCUT2D eigenvalue weighted by Gasteiger charge is -1.97. The van der Waals surface area contributed by atoms with Crippen LogP contribution in [0.4, 0.5) is 0 Å². The van der Waals surface area contributed by atoms with Gasteiger partial charge in [0.25, 0.3) is 0 Å². The molecule has 2 heterocycles. The maximum Gasteiger partial charge on any atom is 0.364 e. The van der Waals surface area contributed by atoms with E-state index in [-0.39, 0.29) is 0 Å². The third kappa shape index (κ3) is 3.11. The molecule has 3 rings (SSSR count). The van der Waals surface area contributed by atoms with Crippen molar-refractivity contribution >= 4 is 12.4 Å². The number of nitrogens with one attached hydrogen (secondary N) is 2. The van der Waals surface area contributed by atoms with Crippen molar-refractivity contribution in [2.45, 2.75) is 13.8 Å². The van der Waals surface area contributed by atoms with Gasteiger partial charge in [0, 0.05) is 0 Å². The standard InChI is InChI=1S/C14H14N8O2/c1-9-17-19-13(23)21(9)15-7-11-3-5-12(6-4-11)8-16-22-10(2)18-20-14(22)24/h3-8H,1-2H3,(H,19,23)(H,20,24)/b15-7+,16-8+. The Bertz CT molecular complexity index is 933. The van der Waals surface area contributed by atoms with Gasteiger partial charge in [-0.15, -0.1) is 0 Å². The van der Waals surface area contributed by atoms with Crippen LogP contribution in [0.5, 0.6) is 0 Å². The van der Waals surface area contributed by atoms with Crippen LogP contribution in [0, 0.1) is 13.8 Å². The van der Waals surface area contributed by atoms with Crippen molar-refractivity contribution in [3.63, 3.8) is 0 Å². The number of nitrogens with zero attached hydrogens (tertiary/aromatic N) is 6. The van der Waals surface area contributed by atoms with Crippen molar-refractivity contribution in [2.24, 2.45) is 10.2 Å². The number of aromatic amines is 2. The fraction of sp³-hybridized carbons (Fsp3) is 0.143. The molecule has 10 nitrogen and oxygen atoms in total. The minimum absolute atomic E-state index is 0.395. The van der Waals surface area contributed by atoms with E-state index in [1.165, 1.54) is 9.35 Å². The van der Waals surface area contributed by atoms with E-state index in [2.05, 4.69) is 30.6 Å². The Kier molecular flexibility index (Phi) is 4.01. The smallest absolute Gasteiger partial charge is 0.244 e. The maximum atomic E-state index is 11.4. The molecule has 122 valence electrons. The molecule has 0 saturated carbocycles. The normalized spacial score (nSPS) is 11.8. The zero-order valence-corrected chi connectivity index (χ0v) is 13.0. The van der Waals surface area contributed by atoms with Crippen LogP contribution >= 0.6 is 0 Å². The van der Waals surface area contributed by atoms with Gasteiger partial charge in [-0.3, -0.25) is 0 Å². The van der Waals surface area contributed by atoms with E-state index in [1.54, 1.807) is 26.3 Å². The Morgan fingerprint density at radius 2 is 1.21 bits per heavy atom. The van der Waals surface area contributed by atoms with Gasteiger partial charge in [0.1, 0.15) is 0 Å². The predicted molar refractivity (Wildman–Crippen MR) is 87.6 cm³/mol. The lowest BCUT2D eigenvalue weighted by molar-refractivity contribution is 0.799. The molecule has 0 bridgehead atoms. The number of benzene rings is 1. The molecule has 0 amide bonds. The summed E-state index contributed by atoms with van der Waals surface area (Å²) < 4.78 is 2.34. The molecule has 0 radical (unpaired) electrons. The SMILES string of the molecule is Cc1n[nH]c(=O)n1/N=C/c1ccc(/C=N/n2c(C)n[nH]c2=O)cc1. The zero-order chi connectivity index (χ0) is 17.1. The number of hydrogen-bond donors (Lipinski definition) is 2. The van der Waals surface area contributed by atoms with E-state index in [4.69, 9.17) is 0 Å². The second-order valence-corrected chi connectivity index (χ2v) is 4.93. The lowest BCUT2D eigenvalue weighted by atomic mass is 10.2. The molecular weight excluding hydrogens is 312 g/mol. The van der Waals surface area contributed by atoms with Gasteiger partial charge in [-0.2, -0.15) is 29.8 Å². The Balaban J connectivity index is 1.76. The van der Waals surface area contributed by atoms with Gasteiger partial charge in [0.2, 0.25) is 0 Å². The first-order valence-corrected chi connectivity index (χ1v) is 7.01. The highest BCUT2D eigenvalue weighted by Crippen LogP contribution is 2.01. The van der Waals surface area contributed by atoms with E-state index in [0.29, 0.717) is 11.6 Å². The summed E-state index contributed by atoms with van der Waals surface area (Å²) in [4.78, 5) is 22.9. The average molecular weight is 326 g/mol. The summed E-state index contributed by atoms with van der Waals surface area (Å²) in [5, 5.41) is 20.3. The number of aryl methyl sites for hydroxylation is 2. The number of aromatic nitrogens is 6. The summed E-state index contributed by atoms with van der Waals surface area (Å²) in [6.07, 6.45) is 3.10. The molecule has 0 fully saturated rings. The summed E-state index contributed by atoms with van der Waals surface area (Å²) in [6, 6.07) is 7.26. The van der Waals surface area contributed by atoms with E-state index in [0.717, 1.165) is 11.1 Å². The second-order valence-electron chi connectivity index (χ2n) is 4.93. The van der Waals surface area contributed by atoms with Gasteiger partial charge in [-0.1, -0.05) is 24.3 Å². The average Bonchev–Trinajstić information content (AvgIpc) is 3.07. The molecule has 0 aliphatic carbocycles. The fourth-order valence-electron chi connectivity index (χ4n) is 1.93. The van der Waals surface area contributed by atoms with Gasteiger partial charge >= 0.3 is 11.4 Å². The van der Waals surface area contributed by atoms with Crippen molar-refractivity contribution in [1.82, 2.24) is 29.7 Å². The molecule has 24 heavy (non-hydrogen) atoms. The highest BCUT2D eigenvalue weighted by Gasteiger charge is 2.01. The minimum atomic E-state index is -0.395. The van der Waals surface area contributed by atoms with Crippen LogP contribution in [0.15, 0.2) is 44.1 Å². The summed E-state index contributed by atoms with van der Waals surface area (Å²) >= 11 is 0. The van der Waals surface area contributed by atoms with E-state index < -0.39 is 11.4 Å². The fourth-order valence-corrected chi connectivity index (χ4v) is 1.93. The number of H-pyrrole nitrogens is 2. The first-order chi connectivity index (χ1) is 11.5. The van der Waals surface area contributed by atoms with Crippen molar-refractivity contribution in [3.05, 3.63) is 68.0 Å². The molecule has 2 N–H and O–H groups in total. The molecule has 0 spiro atoms. The van der Waals surface area contributed by atoms with E-state index in [9.17, 15) is 9.59 Å². The first-order valence-electron chi connectivity index (χ1n) is 7.01. The molecule has 3 aromatic rings. The molecule has 0 aliphatic rings. The van der Waals surface area contributed by atoms with E-state index in [1.807, 2.05) is 24.3 Å². The lowest BCUT2D eigenvalue weighted by Crippen LogP contribution is -2.13. The van der Waals surface area contributed by atoms with Crippen molar-refractivity contribution < 1.29 is 0 Å². The summed E-state index contributed by atoms with van der Waals surface area (Å²) in [7, 11) is 0. The molecule has 0 aliphatic heterocycles. The van der Waals surface area contributed by atoms with Crippen LogP contribution in [0.2, 0.25) is 0 Å². The largest absolute Gasteiger partial charge is 0.364 e. The summed E-state index contributed by atoms with van der Waals surface area (Å²) in [6.45, 7) is 3.35. The Morgan fingerprint density at radius 1 is 0.833 bits per heavy atom. The zero-order valence-electron chi connectivity index (χ0n) is 13.0. The van der Waals surface area contributed by atoms with Gasteiger partial charge in [0.15, 0.2) is 11.6 Å². The van der Waals surface area contributed by atoms with Crippen molar-refractivity contribution in [1.29, 1.82) is 0 Å². The third-order valence-corrected chi connectivity index (χ3v) is 3.21. The Hall–Kier alpha value is -3.56. The summed E-state index contributed by atoms with van der Waals surface area (Å²) in [5.41, 5.74) is 0.814. The van der Waals surface area contributed by atoms with E-state index >= 15 is 0 Å². The third-order valence-electron chi connectivity index (χ3n) is 3.21. The quantitative estimate of drug-likeness (QED) is 0.646. The van der Waals surface area contributed by atoms with Crippen LogP contribution in [-0.4, -0.2) is 42.2 Å². The molecule has 1 aromatic carbocycles.